The molecule has 0 fully saturated rings. The van der Waals surface area contributed by atoms with E-state index in [1.165, 1.54) is 0 Å². The third-order valence-electron chi connectivity index (χ3n) is 3.42. The number of aromatic nitrogens is 1. The quantitative estimate of drug-likeness (QED) is 0.837. The van der Waals surface area contributed by atoms with E-state index < -0.39 is 0 Å². The highest BCUT2D eigenvalue weighted by Gasteiger charge is 2.37. The summed E-state index contributed by atoms with van der Waals surface area (Å²) in [6.45, 7) is 2.94. The standard InChI is InChI=1S/C15H17ClN2O/c1-15(10-17(2)3)14-5-4-8-18(14)12-9-11(16)6-7-13(12)19-15/h4-9H,10H2,1-3H3. The molecule has 0 bridgehead atoms. The lowest BCUT2D eigenvalue weighted by molar-refractivity contribution is 0.0435. The molecule has 19 heavy (non-hydrogen) atoms. The van der Waals surface area contributed by atoms with Crippen LogP contribution in [0.25, 0.3) is 5.69 Å². The number of rotatable bonds is 2. The van der Waals surface area contributed by atoms with Gasteiger partial charge in [0, 0.05) is 17.8 Å². The smallest absolute Gasteiger partial charge is 0.159 e. The summed E-state index contributed by atoms with van der Waals surface area (Å²) in [7, 11) is 4.11. The second-order valence-corrected chi connectivity index (χ2v) is 5.88. The lowest BCUT2D eigenvalue weighted by atomic mass is 9.99. The lowest BCUT2D eigenvalue weighted by Gasteiger charge is -2.38. The van der Waals surface area contributed by atoms with Crippen molar-refractivity contribution >= 4 is 11.6 Å². The van der Waals surface area contributed by atoms with Gasteiger partial charge in [0.1, 0.15) is 5.75 Å². The summed E-state index contributed by atoms with van der Waals surface area (Å²) < 4.78 is 8.41. The second kappa shape index (κ2) is 4.29. The average molecular weight is 277 g/mol. The Balaban J connectivity index is 2.16. The first-order valence-electron chi connectivity index (χ1n) is 6.31. The summed E-state index contributed by atoms with van der Waals surface area (Å²) in [6.07, 6.45) is 2.06. The maximum Gasteiger partial charge on any atom is 0.159 e. The first-order valence-corrected chi connectivity index (χ1v) is 6.69. The molecule has 3 rings (SSSR count). The molecule has 0 saturated carbocycles. The van der Waals surface area contributed by atoms with E-state index in [-0.39, 0.29) is 5.60 Å². The molecule has 3 nitrogen and oxygen atoms in total. The topological polar surface area (TPSA) is 17.4 Å². The fourth-order valence-electron chi connectivity index (χ4n) is 2.80. The van der Waals surface area contributed by atoms with Crippen molar-refractivity contribution in [2.75, 3.05) is 20.6 Å². The number of hydrogen-bond acceptors (Lipinski definition) is 2. The van der Waals surface area contributed by atoms with Crippen molar-refractivity contribution < 1.29 is 4.74 Å². The zero-order valence-corrected chi connectivity index (χ0v) is 12.1. The fraction of sp³-hybridized carbons (Fsp3) is 0.333. The van der Waals surface area contributed by atoms with E-state index in [2.05, 4.69) is 42.7 Å². The largest absolute Gasteiger partial charge is 0.478 e. The Morgan fingerprint density at radius 3 is 2.84 bits per heavy atom. The van der Waals surface area contributed by atoms with Gasteiger partial charge in [0.15, 0.2) is 5.60 Å². The highest BCUT2D eigenvalue weighted by Crippen LogP contribution is 2.40. The molecule has 1 aromatic carbocycles. The van der Waals surface area contributed by atoms with E-state index in [9.17, 15) is 0 Å². The van der Waals surface area contributed by atoms with Gasteiger partial charge in [-0.1, -0.05) is 11.6 Å². The third kappa shape index (κ3) is 2.03. The van der Waals surface area contributed by atoms with Gasteiger partial charge in [-0.2, -0.15) is 0 Å². The summed E-state index contributed by atoms with van der Waals surface area (Å²) in [6, 6.07) is 9.89. The van der Waals surface area contributed by atoms with E-state index in [0.29, 0.717) is 0 Å². The Bertz CT molecular complexity index is 620. The van der Waals surface area contributed by atoms with Gasteiger partial charge in [-0.05, 0) is 51.4 Å². The number of likely N-dealkylation sites (N-methyl/N-ethyl adjacent to an activating group) is 1. The van der Waals surface area contributed by atoms with Crippen molar-refractivity contribution in [1.29, 1.82) is 0 Å². The van der Waals surface area contributed by atoms with Crippen molar-refractivity contribution in [3.8, 4) is 11.4 Å². The van der Waals surface area contributed by atoms with E-state index in [0.717, 1.165) is 28.7 Å². The van der Waals surface area contributed by atoms with E-state index in [4.69, 9.17) is 16.3 Å². The third-order valence-corrected chi connectivity index (χ3v) is 3.66. The number of halogens is 1. The van der Waals surface area contributed by atoms with Crippen LogP contribution in [0.4, 0.5) is 0 Å². The van der Waals surface area contributed by atoms with Crippen LogP contribution in [0, 0.1) is 0 Å². The Kier molecular flexibility index (Phi) is 2.84. The van der Waals surface area contributed by atoms with Crippen LogP contribution in [0.1, 0.15) is 12.6 Å². The van der Waals surface area contributed by atoms with Crippen LogP contribution in [-0.2, 0) is 5.60 Å². The van der Waals surface area contributed by atoms with Gasteiger partial charge in [-0.25, -0.2) is 0 Å². The van der Waals surface area contributed by atoms with Crippen molar-refractivity contribution in [3.63, 3.8) is 0 Å². The van der Waals surface area contributed by atoms with E-state index in [1.807, 2.05) is 24.3 Å². The summed E-state index contributed by atoms with van der Waals surface area (Å²) in [4.78, 5) is 2.14. The predicted molar refractivity (Wildman–Crippen MR) is 77.3 cm³/mol. The van der Waals surface area contributed by atoms with Gasteiger partial charge in [0.25, 0.3) is 0 Å². The van der Waals surface area contributed by atoms with Crippen LogP contribution in [-0.4, -0.2) is 30.1 Å². The molecular weight excluding hydrogens is 260 g/mol. The molecule has 0 spiro atoms. The molecule has 4 heteroatoms. The highest BCUT2D eigenvalue weighted by molar-refractivity contribution is 6.30. The van der Waals surface area contributed by atoms with Crippen LogP contribution in [0.5, 0.6) is 5.75 Å². The zero-order valence-electron chi connectivity index (χ0n) is 11.4. The van der Waals surface area contributed by atoms with Crippen molar-refractivity contribution in [2.24, 2.45) is 0 Å². The van der Waals surface area contributed by atoms with E-state index >= 15 is 0 Å². The molecule has 0 radical (unpaired) electrons. The van der Waals surface area contributed by atoms with Crippen molar-refractivity contribution in [3.05, 3.63) is 47.2 Å². The molecule has 1 aliphatic heterocycles. The summed E-state index contributed by atoms with van der Waals surface area (Å²) >= 11 is 6.09. The maximum atomic E-state index is 6.25. The molecule has 2 heterocycles. The molecule has 0 N–H and O–H groups in total. The fourth-order valence-corrected chi connectivity index (χ4v) is 2.97. The lowest BCUT2D eigenvalue weighted by Crippen LogP contribution is -2.43. The number of benzene rings is 1. The molecule has 1 unspecified atom stereocenters. The van der Waals surface area contributed by atoms with Crippen LogP contribution >= 0.6 is 11.6 Å². The number of nitrogens with zero attached hydrogens (tertiary/aromatic N) is 2. The van der Waals surface area contributed by atoms with Gasteiger partial charge >= 0.3 is 0 Å². The molecule has 0 saturated heterocycles. The summed E-state index contributed by atoms with van der Waals surface area (Å²) in [5, 5.41) is 0.721. The molecule has 2 aromatic rings. The number of ether oxygens (including phenoxy) is 1. The molecule has 1 aliphatic rings. The van der Waals surface area contributed by atoms with Crippen LogP contribution in [0.3, 0.4) is 0 Å². The molecule has 100 valence electrons. The molecule has 0 amide bonds. The van der Waals surface area contributed by atoms with Gasteiger partial charge in [0.2, 0.25) is 0 Å². The average Bonchev–Trinajstić information content (AvgIpc) is 2.79. The monoisotopic (exact) mass is 276 g/mol. The Morgan fingerprint density at radius 1 is 1.32 bits per heavy atom. The van der Waals surface area contributed by atoms with E-state index in [1.54, 1.807) is 0 Å². The normalized spacial score (nSPS) is 20.9. The first kappa shape index (κ1) is 12.6. The van der Waals surface area contributed by atoms with Crippen LogP contribution < -0.4 is 4.74 Å². The minimum Gasteiger partial charge on any atom is -0.478 e. The van der Waals surface area contributed by atoms with Crippen LogP contribution in [0.2, 0.25) is 5.02 Å². The zero-order chi connectivity index (χ0) is 13.6. The second-order valence-electron chi connectivity index (χ2n) is 5.45. The predicted octanol–water partition coefficient (Wildman–Crippen LogP) is 3.30. The van der Waals surface area contributed by atoms with Crippen LogP contribution in [0.15, 0.2) is 36.5 Å². The minimum atomic E-state index is -0.353. The van der Waals surface area contributed by atoms with Gasteiger partial charge in [-0.15, -0.1) is 0 Å². The minimum absolute atomic E-state index is 0.353. The summed E-state index contributed by atoms with van der Waals surface area (Å²) in [5.74, 6) is 0.873. The molecule has 1 aromatic heterocycles. The van der Waals surface area contributed by atoms with Gasteiger partial charge in [0.05, 0.1) is 11.4 Å². The Morgan fingerprint density at radius 2 is 2.11 bits per heavy atom. The SMILES string of the molecule is CN(C)CC1(C)Oc2ccc(Cl)cc2-n2cccc21. The maximum absolute atomic E-state index is 6.25. The Hall–Kier alpha value is -1.45. The first-order chi connectivity index (χ1) is 8.99. The molecule has 1 atom stereocenters. The van der Waals surface area contributed by atoms with Crippen molar-refractivity contribution in [2.45, 2.75) is 12.5 Å². The number of hydrogen-bond donors (Lipinski definition) is 0. The Labute approximate surface area is 118 Å². The highest BCUT2D eigenvalue weighted by atomic mass is 35.5. The number of fused-ring (bicyclic) bond motifs is 3. The molecule has 0 aliphatic carbocycles. The van der Waals surface area contributed by atoms with Crippen molar-refractivity contribution in [1.82, 2.24) is 9.47 Å². The summed E-state index contributed by atoms with van der Waals surface area (Å²) in [5.41, 5.74) is 1.80. The molecular formula is C15H17ClN2O. The van der Waals surface area contributed by atoms with Gasteiger partial charge in [-0.3, -0.25) is 0 Å². The van der Waals surface area contributed by atoms with Gasteiger partial charge < -0.3 is 14.2 Å².